The summed E-state index contributed by atoms with van der Waals surface area (Å²) >= 11 is 0. The number of hydrogen-bond acceptors (Lipinski definition) is 2. The van der Waals surface area contributed by atoms with E-state index in [1.165, 1.54) is 51.4 Å². The highest BCUT2D eigenvalue weighted by atomic mass is 16.5. The zero-order chi connectivity index (χ0) is 12.1. The predicted octanol–water partition coefficient (Wildman–Crippen LogP) is 3.50. The van der Waals surface area contributed by atoms with Crippen molar-refractivity contribution >= 4 is 0 Å². The van der Waals surface area contributed by atoms with Gasteiger partial charge in [-0.25, -0.2) is 0 Å². The Balaban J connectivity index is 1.60. The molecule has 17 heavy (non-hydrogen) atoms. The fourth-order valence-corrected chi connectivity index (χ4v) is 3.34. The molecule has 0 bridgehead atoms. The van der Waals surface area contributed by atoms with Crippen LogP contribution in [0.15, 0.2) is 0 Å². The van der Waals surface area contributed by atoms with E-state index in [4.69, 9.17) is 4.74 Å². The van der Waals surface area contributed by atoms with E-state index in [1.807, 2.05) is 0 Å². The molecule has 2 rings (SSSR count). The average Bonchev–Trinajstić information content (AvgIpc) is 2.79. The van der Waals surface area contributed by atoms with Gasteiger partial charge in [-0.1, -0.05) is 32.6 Å². The van der Waals surface area contributed by atoms with E-state index in [9.17, 15) is 0 Å². The van der Waals surface area contributed by atoms with Crippen molar-refractivity contribution < 1.29 is 4.74 Å². The Kier molecular flexibility index (Phi) is 5.30. The molecule has 2 saturated carbocycles. The lowest BCUT2D eigenvalue weighted by atomic mass is 9.88. The molecule has 2 aliphatic carbocycles. The maximum Gasteiger partial charge on any atom is 0.0675 e. The smallest absolute Gasteiger partial charge is 0.0675 e. The summed E-state index contributed by atoms with van der Waals surface area (Å²) < 4.78 is 6.16. The number of ether oxygens (including phenoxy) is 1. The highest BCUT2D eigenvalue weighted by Crippen LogP contribution is 2.26. The molecule has 0 amide bonds. The second-order valence-corrected chi connectivity index (χ2v) is 6.23. The van der Waals surface area contributed by atoms with Gasteiger partial charge in [0.25, 0.3) is 0 Å². The van der Waals surface area contributed by atoms with Crippen LogP contribution < -0.4 is 5.32 Å². The van der Waals surface area contributed by atoms with Gasteiger partial charge >= 0.3 is 0 Å². The van der Waals surface area contributed by atoms with Gasteiger partial charge < -0.3 is 10.1 Å². The van der Waals surface area contributed by atoms with E-state index in [0.29, 0.717) is 12.2 Å². The molecule has 1 N–H and O–H groups in total. The van der Waals surface area contributed by atoms with Crippen molar-refractivity contribution in [2.45, 2.75) is 83.5 Å². The maximum atomic E-state index is 6.16. The molecule has 3 atom stereocenters. The van der Waals surface area contributed by atoms with Gasteiger partial charge in [-0.2, -0.15) is 0 Å². The third-order valence-electron chi connectivity index (χ3n) is 4.36. The van der Waals surface area contributed by atoms with Crippen molar-refractivity contribution in [3.05, 3.63) is 0 Å². The largest absolute Gasteiger partial charge is 0.374 e. The van der Waals surface area contributed by atoms with E-state index in [2.05, 4.69) is 19.2 Å². The molecule has 0 aromatic heterocycles. The summed E-state index contributed by atoms with van der Waals surface area (Å²) in [6.07, 6.45) is 11.8. The summed E-state index contributed by atoms with van der Waals surface area (Å²) in [5, 5.41) is 3.66. The fraction of sp³-hybridized carbons (Fsp3) is 1.00. The summed E-state index contributed by atoms with van der Waals surface area (Å²) in [5.41, 5.74) is 0. The Bertz CT molecular complexity index is 213. The molecule has 2 aliphatic rings. The lowest BCUT2D eigenvalue weighted by Gasteiger charge is -2.30. The van der Waals surface area contributed by atoms with Crippen LogP contribution >= 0.6 is 0 Å². The SMILES string of the molecule is CC1CCCC(OC(C)CNC2CCCC2)C1. The second kappa shape index (κ2) is 6.75. The van der Waals surface area contributed by atoms with Gasteiger partial charge in [0.1, 0.15) is 0 Å². The van der Waals surface area contributed by atoms with Gasteiger partial charge in [0.2, 0.25) is 0 Å². The van der Waals surface area contributed by atoms with Gasteiger partial charge in [0.15, 0.2) is 0 Å². The van der Waals surface area contributed by atoms with Crippen molar-refractivity contribution in [2.75, 3.05) is 6.54 Å². The molecule has 0 heterocycles. The zero-order valence-corrected chi connectivity index (χ0v) is 11.6. The third kappa shape index (κ3) is 4.59. The number of hydrogen-bond donors (Lipinski definition) is 1. The summed E-state index contributed by atoms with van der Waals surface area (Å²) in [6, 6.07) is 0.770. The van der Waals surface area contributed by atoms with Crippen LogP contribution in [-0.4, -0.2) is 24.8 Å². The molecular weight excluding hydrogens is 210 g/mol. The first-order valence-corrected chi connectivity index (χ1v) is 7.63. The topological polar surface area (TPSA) is 21.3 Å². The molecule has 0 aromatic rings. The summed E-state index contributed by atoms with van der Waals surface area (Å²) in [4.78, 5) is 0. The normalized spacial score (nSPS) is 32.8. The minimum Gasteiger partial charge on any atom is -0.374 e. The van der Waals surface area contributed by atoms with Crippen LogP contribution in [0.5, 0.6) is 0 Å². The molecule has 0 spiro atoms. The monoisotopic (exact) mass is 239 g/mol. The van der Waals surface area contributed by atoms with Crippen LogP contribution in [0.2, 0.25) is 0 Å². The van der Waals surface area contributed by atoms with Crippen LogP contribution in [-0.2, 0) is 4.74 Å². The Morgan fingerprint density at radius 3 is 2.59 bits per heavy atom. The molecule has 2 nitrogen and oxygen atoms in total. The average molecular weight is 239 g/mol. The molecule has 2 fully saturated rings. The Morgan fingerprint density at radius 1 is 1.12 bits per heavy atom. The van der Waals surface area contributed by atoms with Gasteiger partial charge in [0, 0.05) is 12.6 Å². The molecule has 3 unspecified atom stereocenters. The predicted molar refractivity (Wildman–Crippen MR) is 72.2 cm³/mol. The highest BCUT2D eigenvalue weighted by Gasteiger charge is 2.22. The first-order valence-electron chi connectivity index (χ1n) is 7.63. The first kappa shape index (κ1) is 13.4. The van der Waals surface area contributed by atoms with E-state index in [-0.39, 0.29) is 0 Å². The van der Waals surface area contributed by atoms with Crippen LogP contribution in [0.25, 0.3) is 0 Å². The van der Waals surface area contributed by atoms with Crippen LogP contribution in [0, 0.1) is 5.92 Å². The van der Waals surface area contributed by atoms with Crippen LogP contribution in [0.1, 0.15) is 65.2 Å². The minimum atomic E-state index is 0.380. The fourth-order valence-electron chi connectivity index (χ4n) is 3.34. The lowest BCUT2D eigenvalue weighted by Crippen LogP contribution is -2.36. The Labute approximate surface area is 107 Å². The van der Waals surface area contributed by atoms with E-state index in [0.717, 1.165) is 18.5 Å². The summed E-state index contributed by atoms with van der Waals surface area (Å²) in [5.74, 6) is 0.865. The number of nitrogens with one attached hydrogen (secondary N) is 1. The zero-order valence-electron chi connectivity index (χ0n) is 11.6. The maximum absolute atomic E-state index is 6.16. The first-order chi connectivity index (χ1) is 8.24. The molecule has 0 radical (unpaired) electrons. The quantitative estimate of drug-likeness (QED) is 0.793. The van der Waals surface area contributed by atoms with Crippen molar-refractivity contribution in [3.8, 4) is 0 Å². The molecular formula is C15H29NO. The van der Waals surface area contributed by atoms with E-state index < -0.39 is 0 Å². The van der Waals surface area contributed by atoms with Gasteiger partial charge in [-0.05, 0) is 38.5 Å². The molecule has 2 heteroatoms. The lowest BCUT2D eigenvalue weighted by molar-refractivity contribution is -0.0301. The van der Waals surface area contributed by atoms with Crippen molar-refractivity contribution in [1.82, 2.24) is 5.32 Å². The van der Waals surface area contributed by atoms with Crippen LogP contribution in [0.4, 0.5) is 0 Å². The standard InChI is InChI=1S/C15H29NO/c1-12-6-5-9-15(10-12)17-13(2)11-16-14-7-3-4-8-14/h12-16H,3-11H2,1-2H3. The molecule has 0 aromatic carbocycles. The van der Waals surface area contributed by atoms with Gasteiger partial charge in [-0.3, -0.25) is 0 Å². The summed E-state index contributed by atoms with van der Waals surface area (Å²) in [7, 11) is 0. The van der Waals surface area contributed by atoms with Crippen molar-refractivity contribution in [3.63, 3.8) is 0 Å². The van der Waals surface area contributed by atoms with Gasteiger partial charge in [-0.15, -0.1) is 0 Å². The van der Waals surface area contributed by atoms with Crippen molar-refractivity contribution in [2.24, 2.45) is 5.92 Å². The molecule has 0 saturated heterocycles. The number of rotatable bonds is 5. The Hall–Kier alpha value is -0.0800. The van der Waals surface area contributed by atoms with E-state index in [1.54, 1.807) is 0 Å². The highest BCUT2D eigenvalue weighted by molar-refractivity contribution is 4.76. The van der Waals surface area contributed by atoms with Gasteiger partial charge in [0.05, 0.1) is 12.2 Å². The second-order valence-electron chi connectivity index (χ2n) is 6.23. The van der Waals surface area contributed by atoms with E-state index >= 15 is 0 Å². The van der Waals surface area contributed by atoms with Crippen molar-refractivity contribution in [1.29, 1.82) is 0 Å². The molecule has 0 aliphatic heterocycles. The summed E-state index contributed by atoms with van der Waals surface area (Å²) in [6.45, 7) is 5.62. The minimum absolute atomic E-state index is 0.380. The molecule has 100 valence electrons. The Morgan fingerprint density at radius 2 is 1.88 bits per heavy atom. The third-order valence-corrected chi connectivity index (χ3v) is 4.36. The van der Waals surface area contributed by atoms with Crippen LogP contribution in [0.3, 0.4) is 0 Å².